The van der Waals surface area contributed by atoms with Gasteiger partial charge in [-0.3, -0.25) is 38.4 Å². The van der Waals surface area contributed by atoms with Crippen molar-refractivity contribution >= 4 is 59.9 Å². The lowest BCUT2D eigenvalue weighted by Crippen LogP contribution is -2.63. The number of methoxy groups -OCH3 is 1. The molecule has 0 aliphatic carbocycles. The first-order valence-corrected chi connectivity index (χ1v) is 29.8. The van der Waals surface area contributed by atoms with Gasteiger partial charge >= 0.3 is 59.9 Å². The number of ether oxygens (including phenoxy) is 18. The molecule has 3 fully saturated rings. The maximum absolute atomic E-state index is 14.8. The lowest BCUT2D eigenvalue weighted by Gasteiger charge is -2.45. The number of amides is 3. The van der Waals surface area contributed by atoms with E-state index < -0.39 is 198 Å². The highest BCUT2D eigenvalue weighted by Gasteiger charge is 2.55. The van der Waals surface area contributed by atoms with Gasteiger partial charge in [-0.15, -0.1) is 0 Å². The van der Waals surface area contributed by atoms with Gasteiger partial charge in [-0.25, -0.2) is 14.5 Å². The minimum Gasteiger partial charge on any atom is -0.497 e. The third-order valence-electron chi connectivity index (χ3n) is 13.9. The average Bonchev–Trinajstić information content (AvgIpc) is 0.830. The molecule has 95 heavy (non-hydrogen) atoms. The summed E-state index contributed by atoms with van der Waals surface area (Å²) in [6.07, 6.45) is -23.8. The summed E-state index contributed by atoms with van der Waals surface area (Å²) in [6, 6.07) is 23.8. The van der Waals surface area contributed by atoms with Crippen molar-refractivity contribution in [3.63, 3.8) is 0 Å². The van der Waals surface area contributed by atoms with Crippen LogP contribution in [0.4, 0.5) is 9.59 Å². The van der Waals surface area contributed by atoms with E-state index in [0.717, 1.165) is 66.5 Å². The van der Waals surface area contributed by atoms with Gasteiger partial charge in [0.1, 0.15) is 62.2 Å². The highest BCUT2D eigenvalue weighted by molar-refractivity contribution is 5.91. The molecule has 0 saturated carbocycles. The zero-order valence-electron chi connectivity index (χ0n) is 53.5. The van der Waals surface area contributed by atoms with Gasteiger partial charge in [-0.05, 0) is 34.4 Å². The van der Waals surface area contributed by atoms with Crippen molar-refractivity contribution in [2.75, 3.05) is 53.2 Å². The van der Waals surface area contributed by atoms with Crippen LogP contribution in [-0.4, -0.2) is 210 Å². The van der Waals surface area contributed by atoms with Gasteiger partial charge in [-0.2, -0.15) is 0 Å². The number of azide groups is 1. The van der Waals surface area contributed by atoms with Crippen molar-refractivity contribution in [2.24, 2.45) is 5.11 Å². The standard InChI is InChI=1S/C62H77N5O28/c1-34(68)81-31-47-50(87-36(3)70)53(89-38(5)72)56(91-40(7)74)59(94-47)79-26-24-64-61(76)67(25-27-80-60-57(92-41(8)75)54(90-39(6)73)51(88-37(4)71)48(95-60)32-82-35(2)69)62(77)86-33-46-49(83-30-44-20-22-45(78-9)23-21-44)52(84-28-42-16-12-10-13-17-42)55(58(93-46)65-66-63)85-29-43-18-14-11-15-19-43/h10-23,46-60H,24-33H2,1-9H3,(H,64,76)/t46-,47-,48-,49-,50-,51-,52+,53+,54+,55-,56-,57-,58-,59-,60-/m1/s1. The van der Waals surface area contributed by atoms with Crippen LogP contribution in [0.25, 0.3) is 10.4 Å². The molecule has 6 rings (SSSR count). The summed E-state index contributed by atoms with van der Waals surface area (Å²) in [7, 11) is 1.51. The van der Waals surface area contributed by atoms with Gasteiger partial charge in [0.05, 0.1) is 46.7 Å². The molecule has 0 bridgehead atoms. The van der Waals surface area contributed by atoms with E-state index >= 15 is 0 Å². The Morgan fingerprint density at radius 2 is 0.853 bits per heavy atom. The molecular formula is C62H77N5O28. The zero-order valence-corrected chi connectivity index (χ0v) is 53.5. The Bertz CT molecular complexity index is 3100. The molecule has 3 aliphatic rings. The van der Waals surface area contributed by atoms with Crippen molar-refractivity contribution < 1.29 is 133 Å². The van der Waals surface area contributed by atoms with E-state index in [1.165, 1.54) is 7.11 Å². The molecule has 3 aliphatic heterocycles. The predicted molar refractivity (Wildman–Crippen MR) is 317 cm³/mol. The van der Waals surface area contributed by atoms with Gasteiger partial charge in [0, 0.05) is 66.8 Å². The minimum absolute atomic E-state index is 0.0144. The quantitative estimate of drug-likeness (QED) is 0.0236. The van der Waals surface area contributed by atoms with E-state index in [9.17, 15) is 53.5 Å². The van der Waals surface area contributed by atoms with Crippen LogP contribution in [0.15, 0.2) is 90.0 Å². The topological polar surface area (TPSA) is 401 Å². The molecule has 3 amide bonds. The molecule has 518 valence electrons. The number of urea groups is 1. The number of esters is 8. The Labute approximate surface area is 545 Å². The van der Waals surface area contributed by atoms with E-state index in [1.807, 2.05) is 48.5 Å². The van der Waals surface area contributed by atoms with Crippen molar-refractivity contribution in [3.8, 4) is 5.75 Å². The summed E-state index contributed by atoms with van der Waals surface area (Å²) in [4.78, 5) is 132. The fourth-order valence-electron chi connectivity index (χ4n) is 10.0. The van der Waals surface area contributed by atoms with Gasteiger partial charge in [0.2, 0.25) is 0 Å². The lowest BCUT2D eigenvalue weighted by molar-refractivity contribution is -0.308. The molecule has 0 spiro atoms. The average molecular weight is 1340 g/mol. The van der Waals surface area contributed by atoms with Crippen LogP contribution in [-0.2, 0) is 139 Å². The number of nitrogens with one attached hydrogen (secondary N) is 1. The molecular weight excluding hydrogens is 1260 g/mol. The second kappa shape index (κ2) is 37.7. The predicted octanol–water partition coefficient (Wildman–Crippen LogP) is 4.13. The molecule has 3 saturated heterocycles. The van der Waals surface area contributed by atoms with Crippen LogP contribution in [0.3, 0.4) is 0 Å². The Hall–Kier alpha value is -9.05. The second-order valence-corrected chi connectivity index (χ2v) is 21.3. The third kappa shape index (κ3) is 23.7. The fourth-order valence-corrected chi connectivity index (χ4v) is 10.0. The number of benzene rings is 3. The summed E-state index contributed by atoms with van der Waals surface area (Å²) >= 11 is 0. The molecule has 3 aromatic carbocycles. The second-order valence-electron chi connectivity index (χ2n) is 21.3. The molecule has 33 nitrogen and oxygen atoms in total. The smallest absolute Gasteiger partial charge is 0.418 e. The summed E-state index contributed by atoms with van der Waals surface area (Å²) in [5, 5.41) is 6.44. The number of carbonyl (C=O) groups is 10. The minimum atomic E-state index is -1.78. The van der Waals surface area contributed by atoms with E-state index in [2.05, 4.69) is 15.3 Å². The fraction of sp³-hybridized carbons (Fsp3) is 0.548. The maximum atomic E-state index is 14.8. The summed E-state index contributed by atoms with van der Waals surface area (Å²) in [5.41, 5.74) is 12.1. The number of carbonyl (C=O) groups excluding carboxylic acids is 10. The van der Waals surface area contributed by atoms with Crippen molar-refractivity contribution in [3.05, 3.63) is 112 Å². The summed E-state index contributed by atoms with van der Waals surface area (Å²) in [6.45, 7) is 3.66. The van der Waals surface area contributed by atoms with Crippen molar-refractivity contribution in [1.29, 1.82) is 0 Å². The van der Waals surface area contributed by atoms with Gasteiger partial charge in [0.15, 0.2) is 55.4 Å². The molecule has 0 unspecified atom stereocenters. The van der Waals surface area contributed by atoms with E-state index in [4.69, 9.17) is 85.3 Å². The molecule has 3 aromatic rings. The highest BCUT2D eigenvalue weighted by Crippen LogP contribution is 2.34. The summed E-state index contributed by atoms with van der Waals surface area (Å²) < 4.78 is 105. The van der Waals surface area contributed by atoms with E-state index in [0.29, 0.717) is 16.2 Å². The van der Waals surface area contributed by atoms with Crippen molar-refractivity contribution in [2.45, 2.75) is 167 Å². The number of rotatable bonds is 31. The molecule has 0 radical (unpaired) electrons. The Morgan fingerprint density at radius 3 is 1.29 bits per heavy atom. The third-order valence-corrected chi connectivity index (χ3v) is 13.9. The van der Waals surface area contributed by atoms with Crippen LogP contribution in [0, 0.1) is 0 Å². The van der Waals surface area contributed by atoms with E-state index in [1.54, 1.807) is 36.4 Å². The van der Waals surface area contributed by atoms with Gasteiger partial charge < -0.3 is 90.6 Å². The normalized spacial score (nSPS) is 25.3. The number of nitrogens with zero attached hydrogens (tertiary/aromatic N) is 4. The Morgan fingerprint density at radius 1 is 0.453 bits per heavy atom. The summed E-state index contributed by atoms with van der Waals surface area (Å²) in [5.74, 6) is -6.53. The van der Waals surface area contributed by atoms with Crippen LogP contribution in [0.1, 0.15) is 72.1 Å². The van der Waals surface area contributed by atoms with Crippen LogP contribution >= 0.6 is 0 Å². The molecule has 0 aromatic heterocycles. The zero-order chi connectivity index (χ0) is 69.1. The maximum Gasteiger partial charge on any atom is 0.418 e. The van der Waals surface area contributed by atoms with Crippen molar-refractivity contribution in [1.82, 2.24) is 10.2 Å². The lowest BCUT2D eigenvalue weighted by atomic mass is 9.97. The number of hydrogen-bond donors (Lipinski definition) is 1. The van der Waals surface area contributed by atoms with Crippen LogP contribution in [0.5, 0.6) is 5.75 Å². The highest BCUT2D eigenvalue weighted by atomic mass is 16.8. The number of imide groups is 1. The van der Waals surface area contributed by atoms with E-state index in [-0.39, 0.29) is 19.8 Å². The first-order chi connectivity index (χ1) is 45.4. The van der Waals surface area contributed by atoms with Gasteiger partial charge in [-0.1, -0.05) is 77.9 Å². The van der Waals surface area contributed by atoms with Crippen LogP contribution in [0.2, 0.25) is 0 Å². The molecule has 15 atom stereocenters. The SMILES string of the molecule is COc1ccc(CO[C@H]2[C@H](OCc3ccccc3)[C@@H](OCc3ccccc3)[C@H](N=[N+]=[N-])O[C@@H]2COC(=O)N(CCO[C@@H]2O[C@H](COC(C)=O)[C@@H](OC(C)=O)[C@H](OC(C)=O)[C@H]2OC(C)=O)C(=O)NCCO[C@@H]2O[C@H](COC(C)=O)[C@@H](OC(C)=O)[C@H](OC(C)=O)[C@H]2OC(C)=O)cc1. The largest absolute Gasteiger partial charge is 0.497 e. The Balaban J connectivity index is 1.33. The number of hydrogen-bond acceptors (Lipinski definition) is 29. The molecule has 1 N–H and O–H groups in total. The van der Waals surface area contributed by atoms with Gasteiger partial charge in [0.25, 0.3) is 0 Å². The monoisotopic (exact) mass is 1340 g/mol. The Kier molecular flexibility index (Phi) is 29.8. The first-order valence-electron chi connectivity index (χ1n) is 29.8. The molecule has 3 heterocycles. The van der Waals surface area contributed by atoms with Crippen LogP contribution < -0.4 is 10.1 Å². The first kappa shape index (κ1) is 75.0. The molecule has 33 heteroatoms.